The molecule has 0 amide bonds. The van der Waals surface area contributed by atoms with Crippen LogP contribution in [-0.2, 0) is 4.79 Å². The first-order valence-corrected chi connectivity index (χ1v) is 5.26. The lowest BCUT2D eigenvalue weighted by Crippen LogP contribution is -2.07. The first-order valence-electron chi connectivity index (χ1n) is 4.14. The summed E-state index contributed by atoms with van der Waals surface area (Å²) in [6, 6.07) is 5.36. The Morgan fingerprint density at radius 3 is 2.47 bits per heavy atom. The van der Waals surface area contributed by atoms with Gasteiger partial charge in [-0.05, 0) is 12.1 Å². The quantitative estimate of drug-likeness (QED) is 0.278. The van der Waals surface area contributed by atoms with Gasteiger partial charge in [-0.1, -0.05) is 15.9 Å². The Labute approximate surface area is 94.3 Å². The molecule has 1 rings (SSSR count). The average Bonchev–Trinajstić information content (AvgIpc) is 2.18. The highest BCUT2D eigenvalue weighted by Crippen LogP contribution is 2.17. The van der Waals surface area contributed by atoms with Gasteiger partial charge >= 0.3 is 5.97 Å². The third-order valence-electron chi connectivity index (χ3n) is 1.58. The maximum absolute atomic E-state index is 11.0. The summed E-state index contributed by atoms with van der Waals surface area (Å²) in [4.78, 5) is 20.9. The van der Waals surface area contributed by atoms with E-state index in [4.69, 9.17) is 4.74 Å². The van der Waals surface area contributed by atoms with E-state index in [1.54, 1.807) is 0 Å². The Morgan fingerprint density at radius 2 is 2.00 bits per heavy atom. The van der Waals surface area contributed by atoms with Crippen molar-refractivity contribution in [3.63, 3.8) is 0 Å². The summed E-state index contributed by atoms with van der Waals surface area (Å²) < 4.78 is 4.90. The predicted octanol–water partition coefficient (Wildman–Crippen LogP) is 2.29. The monoisotopic (exact) mass is 273 g/mol. The Bertz CT molecular complexity index is 363. The van der Waals surface area contributed by atoms with Crippen LogP contribution in [0.1, 0.15) is 6.42 Å². The van der Waals surface area contributed by atoms with Crippen LogP contribution in [0, 0.1) is 10.1 Å². The molecule has 1 aromatic carbocycles. The molecule has 0 atom stereocenters. The highest BCUT2D eigenvalue weighted by molar-refractivity contribution is 9.09. The molecule has 0 aliphatic heterocycles. The molecule has 80 valence electrons. The van der Waals surface area contributed by atoms with Crippen molar-refractivity contribution < 1.29 is 14.5 Å². The predicted molar refractivity (Wildman–Crippen MR) is 57.1 cm³/mol. The summed E-state index contributed by atoms with van der Waals surface area (Å²) >= 11 is 3.10. The van der Waals surface area contributed by atoms with Gasteiger partial charge < -0.3 is 4.74 Å². The number of esters is 1. The zero-order valence-corrected chi connectivity index (χ0v) is 9.27. The van der Waals surface area contributed by atoms with Crippen LogP contribution in [0.3, 0.4) is 0 Å². The number of nitrogens with zero attached hydrogens (tertiary/aromatic N) is 1. The minimum Gasteiger partial charge on any atom is -0.427 e. The molecule has 0 saturated carbocycles. The number of nitro benzene ring substituents is 1. The SMILES string of the molecule is O=C(CCBr)Oc1ccc([N+](=O)[O-])cc1. The van der Waals surface area contributed by atoms with Crippen LogP contribution in [0.4, 0.5) is 5.69 Å². The molecule has 0 saturated heterocycles. The maximum atomic E-state index is 11.0. The zero-order valence-electron chi connectivity index (χ0n) is 7.68. The summed E-state index contributed by atoms with van der Waals surface area (Å²) in [5.41, 5.74) is -0.0321. The second kappa shape index (κ2) is 5.45. The molecule has 0 fully saturated rings. The van der Waals surface area contributed by atoms with Gasteiger partial charge in [0, 0.05) is 17.5 Å². The molecular weight excluding hydrogens is 266 g/mol. The number of rotatable bonds is 4. The van der Waals surface area contributed by atoms with E-state index in [0.29, 0.717) is 11.1 Å². The van der Waals surface area contributed by atoms with Gasteiger partial charge in [-0.25, -0.2) is 0 Å². The van der Waals surface area contributed by atoms with E-state index < -0.39 is 4.92 Å². The number of hydrogen-bond donors (Lipinski definition) is 0. The standard InChI is InChI=1S/C9H8BrNO4/c10-6-5-9(12)15-8-3-1-7(2-4-8)11(13)14/h1-4H,5-6H2. The largest absolute Gasteiger partial charge is 0.427 e. The molecular formula is C9H8BrNO4. The van der Waals surface area contributed by atoms with Crippen LogP contribution in [-0.4, -0.2) is 16.2 Å². The highest BCUT2D eigenvalue weighted by atomic mass is 79.9. The van der Waals surface area contributed by atoms with E-state index in [9.17, 15) is 14.9 Å². The topological polar surface area (TPSA) is 69.4 Å². The first kappa shape index (κ1) is 11.6. The number of halogens is 1. The summed E-state index contributed by atoms with van der Waals surface area (Å²) in [6.07, 6.45) is 0.261. The first-order chi connectivity index (χ1) is 7.13. The summed E-state index contributed by atoms with van der Waals surface area (Å²) in [6.45, 7) is 0. The third kappa shape index (κ3) is 3.67. The molecule has 15 heavy (non-hydrogen) atoms. The average molecular weight is 274 g/mol. The van der Waals surface area contributed by atoms with Crippen LogP contribution >= 0.6 is 15.9 Å². The number of nitro groups is 1. The van der Waals surface area contributed by atoms with Crippen molar-refractivity contribution >= 4 is 27.6 Å². The molecule has 6 heteroatoms. The minimum absolute atomic E-state index is 0.0321. The van der Waals surface area contributed by atoms with Crippen molar-refractivity contribution in [3.8, 4) is 5.75 Å². The summed E-state index contributed by atoms with van der Waals surface area (Å²) in [7, 11) is 0. The van der Waals surface area contributed by atoms with Gasteiger partial charge in [0.15, 0.2) is 0 Å². The van der Waals surface area contributed by atoms with Crippen LogP contribution in [0.15, 0.2) is 24.3 Å². The third-order valence-corrected chi connectivity index (χ3v) is 1.97. The lowest BCUT2D eigenvalue weighted by molar-refractivity contribution is -0.384. The lowest BCUT2D eigenvalue weighted by atomic mass is 10.3. The number of ether oxygens (including phenoxy) is 1. The van der Waals surface area contributed by atoms with Crippen LogP contribution in [0.2, 0.25) is 0 Å². The molecule has 0 N–H and O–H groups in total. The number of alkyl halides is 1. The van der Waals surface area contributed by atoms with Crippen molar-refractivity contribution in [3.05, 3.63) is 34.4 Å². The van der Waals surface area contributed by atoms with Gasteiger partial charge in [0.25, 0.3) is 5.69 Å². The molecule has 0 spiro atoms. The highest BCUT2D eigenvalue weighted by Gasteiger charge is 2.07. The fraction of sp³-hybridized carbons (Fsp3) is 0.222. The fourth-order valence-corrected chi connectivity index (χ4v) is 1.22. The lowest BCUT2D eigenvalue weighted by Gasteiger charge is -2.01. The molecule has 0 aliphatic rings. The molecule has 0 heterocycles. The van der Waals surface area contributed by atoms with E-state index in [2.05, 4.69) is 15.9 Å². The number of hydrogen-bond acceptors (Lipinski definition) is 4. The molecule has 0 aliphatic carbocycles. The van der Waals surface area contributed by atoms with Crippen LogP contribution in [0.5, 0.6) is 5.75 Å². The molecule has 0 aromatic heterocycles. The van der Waals surface area contributed by atoms with Gasteiger partial charge in [-0.15, -0.1) is 0 Å². The number of carbonyl (C=O) groups excluding carboxylic acids is 1. The van der Waals surface area contributed by atoms with Crippen molar-refractivity contribution in [1.82, 2.24) is 0 Å². The zero-order chi connectivity index (χ0) is 11.3. The van der Waals surface area contributed by atoms with Crippen molar-refractivity contribution in [2.45, 2.75) is 6.42 Å². The van der Waals surface area contributed by atoms with E-state index in [1.165, 1.54) is 24.3 Å². The number of carbonyl (C=O) groups is 1. The molecule has 0 unspecified atom stereocenters. The van der Waals surface area contributed by atoms with E-state index >= 15 is 0 Å². The number of non-ortho nitro benzene ring substituents is 1. The molecule has 1 aromatic rings. The van der Waals surface area contributed by atoms with E-state index in [1.807, 2.05) is 0 Å². The van der Waals surface area contributed by atoms with Gasteiger partial charge in [-0.3, -0.25) is 14.9 Å². The van der Waals surface area contributed by atoms with Gasteiger partial charge in [0.05, 0.1) is 11.3 Å². The Kier molecular flexibility index (Phi) is 4.23. The van der Waals surface area contributed by atoms with Crippen molar-refractivity contribution in [2.75, 3.05) is 5.33 Å². The van der Waals surface area contributed by atoms with Gasteiger partial charge in [0.2, 0.25) is 0 Å². The molecule has 0 radical (unpaired) electrons. The second-order valence-corrected chi connectivity index (χ2v) is 3.46. The van der Waals surface area contributed by atoms with E-state index in [0.717, 1.165) is 0 Å². The normalized spacial score (nSPS) is 9.67. The van der Waals surface area contributed by atoms with E-state index in [-0.39, 0.29) is 18.1 Å². The van der Waals surface area contributed by atoms with Gasteiger partial charge in [-0.2, -0.15) is 0 Å². The van der Waals surface area contributed by atoms with Gasteiger partial charge in [0.1, 0.15) is 5.75 Å². The van der Waals surface area contributed by atoms with Crippen molar-refractivity contribution in [1.29, 1.82) is 0 Å². The number of benzene rings is 1. The Morgan fingerprint density at radius 1 is 1.40 bits per heavy atom. The second-order valence-electron chi connectivity index (χ2n) is 2.66. The van der Waals surface area contributed by atoms with Crippen LogP contribution < -0.4 is 4.74 Å². The Hall–Kier alpha value is -1.43. The smallest absolute Gasteiger partial charge is 0.312 e. The van der Waals surface area contributed by atoms with Crippen LogP contribution in [0.25, 0.3) is 0 Å². The summed E-state index contributed by atoms with van der Waals surface area (Å²) in [5.74, 6) is -0.0627. The minimum atomic E-state index is -0.510. The Balaban J connectivity index is 2.64. The fourth-order valence-electron chi connectivity index (χ4n) is 0.896. The molecule has 0 bridgehead atoms. The van der Waals surface area contributed by atoms with Crippen molar-refractivity contribution in [2.24, 2.45) is 0 Å². The summed E-state index contributed by atoms with van der Waals surface area (Å²) in [5, 5.41) is 10.9. The molecule has 5 nitrogen and oxygen atoms in total. The maximum Gasteiger partial charge on any atom is 0.312 e.